The van der Waals surface area contributed by atoms with Crippen LogP contribution in [0.25, 0.3) is 0 Å². The molecule has 0 aromatic heterocycles. The Morgan fingerprint density at radius 2 is 2.20 bits per heavy atom. The topological polar surface area (TPSA) is 32.3 Å². The molecule has 0 spiro atoms. The third-order valence-electron chi connectivity index (χ3n) is 2.74. The smallest absolute Gasteiger partial charge is 0.166 e. The number of benzene rings is 1. The molecule has 0 saturated carbocycles. The van der Waals surface area contributed by atoms with Gasteiger partial charge in [-0.15, -0.1) is 0 Å². The molecule has 1 saturated heterocycles. The predicted octanol–water partition coefficient (Wildman–Crippen LogP) is 3.00. The third-order valence-corrected chi connectivity index (χ3v) is 2.96. The van der Waals surface area contributed by atoms with Crippen molar-refractivity contribution in [2.45, 2.75) is 25.3 Å². The van der Waals surface area contributed by atoms with Gasteiger partial charge in [-0.3, -0.25) is 0 Å². The van der Waals surface area contributed by atoms with Crippen molar-refractivity contribution >= 4 is 11.6 Å². The molecule has 2 N–H and O–H groups in total. The van der Waals surface area contributed by atoms with Crippen LogP contribution in [-0.4, -0.2) is 11.7 Å². The molecule has 0 aliphatic carbocycles. The quantitative estimate of drug-likeness (QED) is 0.776. The Morgan fingerprint density at radius 1 is 1.40 bits per heavy atom. The SMILES string of the molecule is Oc1c(F)cc(Cl)cc1[C@H]1CCCCN1. The van der Waals surface area contributed by atoms with Crippen molar-refractivity contribution in [2.75, 3.05) is 6.54 Å². The summed E-state index contributed by atoms with van der Waals surface area (Å²) in [5.74, 6) is -0.927. The van der Waals surface area contributed by atoms with Gasteiger partial charge in [-0.1, -0.05) is 18.0 Å². The van der Waals surface area contributed by atoms with Crippen LogP contribution in [-0.2, 0) is 0 Å². The molecule has 1 heterocycles. The van der Waals surface area contributed by atoms with E-state index >= 15 is 0 Å². The molecule has 0 amide bonds. The summed E-state index contributed by atoms with van der Waals surface area (Å²) in [5, 5.41) is 13.2. The predicted molar refractivity (Wildman–Crippen MR) is 57.7 cm³/mol. The molecule has 4 heteroatoms. The molecule has 0 radical (unpaired) electrons. The van der Waals surface area contributed by atoms with Crippen LogP contribution in [0, 0.1) is 5.82 Å². The van der Waals surface area contributed by atoms with E-state index in [0.717, 1.165) is 31.9 Å². The van der Waals surface area contributed by atoms with Crippen LogP contribution < -0.4 is 5.32 Å². The molecule has 1 aromatic rings. The van der Waals surface area contributed by atoms with E-state index in [1.807, 2.05) is 0 Å². The van der Waals surface area contributed by atoms with Gasteiger partial charge in [-0.05, 0) is 31.5 Å². The molecule has 1 atom stereocenters. The van der Waals surface area contributed by atoms with Gasteiger partial charge in [-0.25, -0.2) is 4.39 Å². The zero-order chi connectivity index (χ0) is 10.8. The van der Waals surface area contributed by atoms with E-state index in [2.05, 4.69) is 5.32 Å². The molecule has 1 aliphatic heterocycles. The molecule has 0 unspecified atom stereocenters. The van der Waals surface area contributed by atoms with Crippen LogP contribution in [0.2, 0.25) is 5.02 Å². The highest BCUT2D eigenvalue weighted by molar-refractivity contribution is 6.30. The summed E-state index contributed by atoms with van der Waals surface area (Å²) in [7, 11) is 0. The Labute approximate surface area is 93.1 Å². The zero-order valence-electron chi connectivity index (χ0n) is 8.26. The molecule has 82 valence electrons. The first-order valence-corrected chi connectivity index (χ1v) is 5.47. The van der Waals surface area contributed by atoms with Crippen LogP contribution in [0.3, 0.4) is 0 Å². The van der Waals surface area contributed by atoms with Crippen LogP contribution in [0.5, 0.6) is 5.75 Å². The van der Waals surface area contributed by atoms with Gasteiger partial charge >= 0.3 is 0 Å². The Kier molecular flexibility index (Phi) is 3.12. The number of piperidine rings is 1. The van der Waals surface area contributed by atoms with Gasteiger partial charge in [0.15, 0.2) is 11.6 Å². The summed E-state index contributed by atoms with van der Waals surface area (Å²) in [5.41, 5.74) is 0.569. The number of phenols is 1. The summed E-state index contributed by atoms with van der Waals surface area (Å²) in [6.45, 7) is 0.901. The number of phenolic OH excluding ortho intramolecular Hbond substituents is 1. The summed E-state index contributed by atoms with van der Waals surface area (Å²) in [6.07, 6.45) is 3.12. The van der Waals surface area contributed by atoms with Crippen molar-refractivity contribution in [3.63, 3.8) is 0 Å². The highest BCUT2D eigenvalue weighted by Crippen LogP contribution is 2.33. The minimum atomic E-state index is -0.648. The summed E-state index contributed by atoms with van der Waals surface area (Å²) in [4.78, 5) is 0. The number of hydrogen-bond acceptors (Lipinski definition) is 2. The van der Waals surface area contributed by atoms with Crippen molar-refractivity contribution in [1.82, 2.24) is 5.32 Å². The first-order chi connectivity index (χ1) is 7.18. The van der Waals surface area contributed by atoms with Crippen molar-refractivity contribution in [3.8, 4) is 5.75 Å². The Morgan fingerprint density at radius 3 is 2.87 bits per heavy atom. The van der Waals surface area contributed by atoms with Crippen LogP contribution in [0.15, 0.2) is 12.1 Å². The van der Waals surface area contributed by atoms with E-state index in [4.69, 9.17) is 11.6 Å². The standard InChI is InChI=1S/C11H13ClFNO/c12-7-5-8(11(15)9(13)6-7)10-3-1-2-4-14-10/h5-6,10,14-15H,1-4H2/t10-/m1/s1. The minimum absolute atomic E-state index is 0.0203. The van der Waals surface area contributed by atoms with Gasteiger partial charge in [0.1, 0.15) is 0 Å². The molecule has 2 rings (SSSR count). The normalized spacial score (nSPS) is 21.6. The van der Waals surface area contributed by atoms with Gasteiger partial charge in [-0.2, -0.15) is 0 Å². The second-order valence-corrected chi connectivity index (χ2v) is 4.26. The third kappa shape index (κ3) is 2.24. The second kappa shape index (κ2) is 4.37. The first-order valence-electron chi connectivity index (χ1n) is 5.10. The van der Waals surface area contributed by atoms with Crippen molar-refractivity contribution in [1.29, 1.82) is 0 Å². The fraction of sp³-hybridized carbons (Fsp3) is 0.455. The lowest BCUT2D eigenvalue weighted by molar-refractivity contribution is 0.377. The van der Waals surface area contributed by atoms with Crippen LogP contribution >= 0.6 is 11.6 Å². The van der Waals surface area contributed by atoms with Gasteiger partial charge in [0, 0.05) is 16.6 Å². The van der Waals surface area contributed by atoms with Gasteiger partial charge < -0.3 is 10.4 Å². The maximum Gasteiger partial charge on any atom is 0.166 e. The number of hydrogen-bond donors (Lipinski definition) is 2. The van der Waals surface area contributed by atoms with Gasteiger partial charge in [0.05, 0.1) is 0 Å². The van der Waals surface area contributed by atoms with E-state index in [1.165, 1.54) is 0 Å². The lowest BCUT2D eigenvalue weighted by Crippen LogP contribution is -2.26. The van der Waals surface area contributed by atoms with Gasteiger partial charge in [0.25, 0.3) is 0 Å². The molecule has 15 heavy (non-hydrogen) atoms. The molecule has 2 nitrogen and oxygen atoms in total. The maximum atomic E-state index is 13.2. The highest BCUT2D eigenvalue weighted by atomic mass is 35.5. The minimum Gasteiger partial charge on any atom is -0.505 e. The van der Waals surface area contributed by atoms with Crippen LogP contribution in [0.4, 0.5) is 4.39 Å². The molecular formula is C11H13ClFNO. The Hall–Kier alpha value is -0.800. The van der Waals surface area contributed by atoms with E-state index in [-0.39, 0.29) is 11.8 Å². The van der Waals surface area contributed by atoms with E-state index in [9.17, 15) is 9.50 Å². The zero-order valence-corrected chi connectivity index (χ0v) is 9.02. The largest absolute Gasteiger partial charge is 0.505 e. The van der Waals surface area contributed by atoms with Gasteiger partial charge in [0.2, 0.25) is 0 Å². The molecule has 1 aliphatic rings. The van der Waals surface area contributed by atoms with E-state index in [1.54, 1.807) is 6.07 Å². The second-order valence-electron chi connectivity index (χ2n) is 3.83. The van der Waals surface area contributed by atoms with Crippen LogP contribution in [0.1, 0.15) is 30.9 Å². The Balaban J connectivity index is 2.33. The Bertz CT molecular complexity index is 364. The average molecular weight is 230 g/mol. The number of aromatic hydroxyl groups is 1. The molecule has 1 aromatic carbocycles. The molecule has 1 fully saturated rings. The fourth-order valence-electron chi connectivity index (χ4n) is 1.97. The van der Waals surface area contributed by atoms with E-state index in [0.29, 0.717) is 10.6 Å². The number of nitrogens with one attached hydrogen (secondary N) is 1. The van der Waals surface area contributed by atoms with Crippen molar-refractivity contribution < 1.29 is 9.50 Å². The lowest BCUT2D eigenvalue weighted by atomic mass is 9.97. The first kappa shape index (κ1) is 10.7. The number of halogens is 2. The monoisotopic (exact) mass is 229 g/mol. The fourth-order valence-corrected chi connectivity index (χ4v) is 2.18. The van der Waals surface area contributed by atoms with Crippen molar-refractivity contribution in [2.24, 2.45) is 0 Å². The van der Waals surface area contributed by atoms with E-state index < -0.39 is 5.82 Å². The molecule has 0 bridgehead atoms. The number of rotatable bonds is 1. The lowest BCUT2D eigenvalue weighted by Gasteiger charge is -2.24. The maximum absolute atomic E-state index is 13.2. The van der Waals surface area contributed by atoms with Crippen molar-refractivity contribution in [3.05, 3.63) is 28.5 Å². The highest BCUT2D eigenvalue weighted by Gasteiger charge is 2.20. The molecular weight excluding hydrogens is 217 g/mol. The summed E-state index contributed by atoms with van der Waals surface area (Å²) < 4.78 is 13.2. The summed E-state index contributed by atoms with van der Waals surface area (Å²) in [6, 6.07) is 2.78. The summed E-state index contributed by atoms with van der Waals surface area (Å²) >= 11 is 5.76. The average Bonchev–Trinajstić information content (AvgIpc) is 2.24.